The summed E-state index contributed by atoms with van der Waals surface area (Å²) < 4.78 is 11.8. The molecule has 1 aromatic carbocycles. The summed E-state index contributed by atoms with van der Waals surface area (Å²) in [4.78, 5) is 36.2. The van der Waals surface area contributed by atoms with E-state index < -0.39 is 0 Å². The number of likely N-dealkylation sites (tertiary alicyclic amines) is 1. The molecule has 1 N–H and O–H groups in total. The van der Waals surface area contributed by atoms with Crippen LogP contribution in [0.5, 0.6) is 5.88 Å². The van der Waals surface area contributed by atoms with Crippen molar-refractivity contribution < 1.29 is 18.7 Å². The van der Waals surface area contributed by atoms with Gasteiger partial charge in [-0.05, 0) is 51.4 Å². The van der Waals surface area contributed by atoms with Crippen LogP contribution in [0.2, 0.25) is 0 Å². The minimum Gasteiger partial charge on any atom is -0.480 e. The minimum absolute atomic E-state index is 0.0392. The van der Waals surface area contributed by atoms with Gasteiger partial charge in [0.25, 0.3) is 0 Å². The third kappa shape index (κ3) is 6.95. The standard InChI is InChI=1S/C29H38N4O4/c1-4-22(34)13-6-5-7-15-25(31-27(35)21-12-10-16-33(2)19-21)29-30-18-26(37-29)23-17-20-11-8-9-14-24(20)32-28(23)36-3/h8-9,11,14,17-18,21,25H,4-7,10,12-13,15-16,19H2,1-3H3,(H,31,35). The van der Waals surface area contributed by atoms with Crippen LogP contribution in [0.4, 0.5) is 0 Å². The Morgan fingerprint density at radius 2 is 2.08 bits per heavy atom. The third-order valence-corrected chi connectivity index (χ3v) is 7.12. The smallest absolute Gasteiger partial charge is 0.225 e. The summed E-state index contributed by atoms with van der Waals surface area (Å²) in [7, 11) is 3.64. The highest BCUT2D eigenvalue weighted by Crippen LogP contribution is 2.34. The van der Waals surface area contributed by atoms with Crippen molar-refractivity contribution in [3.63, 3.8) is 0 Å². The van der Waals surface area contributed by atoms with Crippen molar-refractivity contribution in [3.05, 3.63) is 42.4 Å². The maximum atomic E-state index is 13.2. The van der Waals surface area contributed by atoms with Gasteiger partial charge in [0.2, 0.25) is 17.7 Å². The first kappa shape index (κ1) is 26.8. The zero-order valence-electron chi connectivity index (χ0n) is 22.2. The summed E-state index contributed by atoms with van der Waals surface area (Å²) in [5, 5.41) is 4.20. The molecule has 1 amide bonds. The topological polar surface area (TPSA) is 97.6 Å². The summed E-state index contributed by atoms with van der Waals surface area (Å²) >= 11 is 0. The number of oxazole rings is 1. The number of piperidine rings is 1. The predicted molar refractivity (Wildman–Crippen MR) is 143 cm³/mol. The Morgan fingerprint density at radius 3 is 2.86 bits per heavy atom. The second-order valence-electron chi connectivity index (χ2n) is 9.95. The number of carbonyl (C=O) groups is 2. The number of hydrogen-bond acceptors (Lipinski definition) is 7. The van der Waals surface area contributed by atoms with Crippen molar-refractivity contribution in [2.75, 3.05) is 27.2 Å². The molecule has 0 spiro atoms. The van der Waals surface area contributed by atoms with Crippen molar-refractivity contribution in [1.82, 2.24) is 20.2 Å². The molecule has 1 fully saturated rings. The lowest BCUT2D eigenvalue weighted by Gasteiger charge is -2.29. The van der Waals surface area contributed by atoms with Crippen molar-refractivity contribution in [1.29, 1.82) is 0 Å². The number of benzene rings is 1. The molecule has 0 saturated carbocycles. The fraction of sp³-hybridized carbons (Fsp3) is 0.517. The van der Waals surface area contributed by atoms with Crippen molar-refractivity contribution >= 4 is 22.6 Å². The fourth-order valence-electron chi connectivity index (χ4n) is 4.96. The van der Waals surface area contributed by atoms with Gasteiger partial charge in [0.1, 0.15) is 11.8 Å². The molecule has 0 aliphatic carbocycles. The van der Waals surface area contributed by atoms with Gasteiger partial charge in [-0.2, -0.15) is 0 Å². The Bertz CT molecular complexity index is 1210. The number of rotatable bonds is 12. The number of para-hydroxylation sites is 1. The highest BCUT2D eigenvalue weighted by atomic mass is 16.5. The largest absolute Gasteiger partial charge is 0.480 e. The lowest BCUT2D eigenvalue weighted by atomic mass is 9.96. The van der Waals surface area contributed by atoms with Gasteiger partial charge < -0.3 is 19.4 Å². The number of fused-ring (bicyclic) bond motifs is 1. The number of aromatic nitrogens is 2. The van der Waals surface area contributed by atoms with Crippen LogP contribution in [-0.2, 0) is 9.59 Å². The molecule has 1 aliphatic rings. The molecule has 3 heterocycles. The van der Waals surface area contributed by atoms with Gasteiger partial charge in [0.15, 0.2) is 5.76 Å². The average molecular weight is 507 g/mol. The van der Waals surface area contributed by atoms with Crippen molar-refractivity contribution in [2.24, 2.45) is 5.92 Å². The molecule has 2 aromatic heterocycles. The van der Waals surface area contributed by atoms with Crippen LogP contribution in [0.25, 0.3) is 22.2 Å². The molecule has 198 valence electrons. The first-order valence-corrected chi connectivity index (χ1v) is 13.4. The highest BCUT2D eigenvalue weighted by Gasteiger charge is 2.28. The highest BCUT2D eigenvalue weighted by molar-refractivity contribution is 5.85. The molecule has 1 saturated heterocycles. The maximum absolute atomic E-state index is 13.2. The number of amides is 1. The van der Waals surface area contributed by atoms with E-state index in [1.54, 1.807) is 13.3 Å². The van der Waals surface area contributed by atoms with Crippen molar-refractivity contribution in [2.45, 2.75) is 64.3 Å². The van der Waals surface area contributed by atoms with E-state index in [1.165, 1.54) is 0 Å². The number of ether oxygens (including phenoxy) is 1. The van der Waals surface area contributed by atoms with E-state index in [4.69, 9.17) is 9.15 Å². The SMILES string of the molecule is CCC(=O)CCCCCC(NC(=O)C1CCCN(C)C1)c1ncc(-c2cc3ccccc3nc2OC)o1. The molecule has 0 bridgehead atoms. The van der Waals surface area contributed by atoms with Crippen LogP contribution in [0.15, 0.2) is 40.9 Å². The van der Waals surface area contributed by atoms with Gasteiger partial charge in [-0.15, -0.1) is 0 Å². The predicted octanol–water partition coefficient (Wildman–Crippen LogP) is 5.33. The second kappa shape index (κ2) is 12.8. The molecular weight excluding hydrogens is 468 g/mol. The Labute approximate surface area is 218 Å². The quantitative estimate of drug-likeness (QED) is 0.332. The lowest BCUT2D eigenvalue weighted by Crippen LogP contribution is -2.42. The molecule has 1 aliphatic heterocycles. The summed E-state index contributed by atoms with van der Waals surface area (Å²) in [6, 6.07) is 9.49. The van der Waals surface area contributed by atoms with E-state index in [1.807, 2.05) is 37.3 Å². The molecule has 2 atom stereocenters. The molecule has 2 unspecified atom stereocenters. The maximum Gasteiger partial charge on any atom is 0.225 e. The van der Waals surface area contributed by atoms with Crippen LogP contribution >= 0.6 is 0 Å². The summed E-state index contributed by atoms with van der Waals surface area (Å²) in [6.45, 7) is 3.68. The minimum atomic E-state index is -0.338. The normalized spacial score (nSPS) is 17.0. The van der Waals surface area contributed by atoms with Gasteiger partial charge in [-0.25, -0.2) is 9.97 Å². The third-order valence-electron chi connectivity index (χ3n) is 7.12. The number of ketones is 1. The zero-order chi connectivity index (χ0) is 26.2. The van der Waals surface area contributed by atoms with Crippen LogP contribution in [0.1, 0.15) is 70.2 Å². The molecule has 8 nitrogen and oxygen atoms in total. The summed E-state index contributed by atoms with van der Waals surface area (Å²) in [5.41, 5.74) is 1.56. The number of nitrogens with one attached hydrogen (secondary N) is 1. The number of carbonyl (C=O) groups excluding carboxylic acids is 2. The second-order valence-corrected chi connectivity index (χ2v) is 9.95. The first-order valence-electron chi connectivity index (χ1n) is 13.4. The van der Waals surface area contributed by atoms with Gasteiger partial charge in [0, 0.05) is 24.8 Å². The number of unbranched alkanes of at least 4 members (excludes halogenated alkanes) is 2. The van der Waals surface area contributed by atoms with Gasteiger partial charge in [0.05, 0.1) is 30.3 Å². The number of pyridine rings is 1. The molecule has 37 heavy (non-hydrogen) atoms. The van der Waals surface area contributed by atoms with E-state index in [-0.39, 0.29) is 17.9 Å². The summed E-state index contributed by atoms with van der Waals surface area (Å²) in [5.74, 6) is 1.79. The molecule has 8 heteroatoms. The van der Waals surface area contributed by atoms with Crippen LogP contribution in [0.3, 0.4) is 0 Å². The summed E-state index contributed by atoms with van der Waals surface area (Å²) in [6.07, 6.45) is 8.11. The van der Waals surface area contributed by atoms with Crippen molar-refractivity contribution in [3.8, 4) is 17.2 Å². The van der Waals surface area contributed by atoms with Crippen LogP contribution < -0.4 is 10.1 Å². The van der Waals surface area contributed by atoms with E-state index in [0.29, 0.717) is 42.6 Å². The zero-order valence-corrected chi connectivity index (χ0v) is 22.2. The van der Waals surface area contributed by atoms with E-state index in [2.05, 4.69) is 27.2 Å². The van der Waals surface area contributed by atoms with Gasteiger partial charge in [-0.1, -0.05) is 38.0 Å². The number of Topliss-reactive ketones (excluding diaryl/α,β-unsaturated/α-hetero) is 1. The Morgan fingerprint density at radius 1 is 1.24 bits per heavy atom. The van der Waals surface area contributed by atoms with E-state index >= 15 is 0 Å². The van der Waals surface area contributed by atoms with Gasteiger partial charge in [-0.3, -0.25) is 9.59 Å². The molecule has 0 radical (unpaired) electrons. The number of nitrogens with zero attached hydrogens (tertiary/aromatic N) is 3. The molecular formula is C29H38N4O4. The Balaban J connectivity index is 1.52. The number of methoxy groups -OCH3 is 1. The van der Waals surface area contributed by atoms with E-state index in [9.17, 15) is 9.59 Å². The molecule has 4 rings (SSSR count). The van der Waals surface area contributed by atoms with Gasteiger partial charge >= 0.3 is 0 Å². The first-order chi connectivity index (χ1) is 18.0. The Hall–Kier alpha value is -3.26. The number of hydrogen-bond donors (Lipinski definition) is 1. The van der Waals surface area contributed by atoms with E-state index in [0.717, 1.165) is 61.7 Å². The van der Waals surface area contributed by atoms with Crippen LogP contribution in [0, 0.1) is 5.92 Å². The monoisotopic (exact) mass is 506 g/mol. The average Bonchev–Trinajstić information content (AvgIpc) is 3.41. The Kier molecular flexibility index (Phi) is 9.28. The van der Waals surface area contributed by atoms with Crippen LogP contribution in [-0.4, -0.2) is 53.8 Å². The molecule has 3 aromatic rings. The lowest BCUT2D eigenvalue weighted by molar-refractivity contribution is -0.127. The fourth-order valence-corrected chi connectivity index (χ4v) is 4.96.